The van der Waals surface area contributed by atoms with Crippen molar-refractivity contribution in [1.82, 2.24) is 5.32 Å². The van der Waals surface area contributed by atoms with Crippen LogP contribution < -0.4 is 11.1 Å². The molecule has 13 heavy (non-hydrogen) atoms. The van der Waals surface area contributed by atoms with Gasteiger partial charge in [0.15, 0.2) is 0 Å². The van der Waals surface area contributed by atoms with Crippen LogP contribution >= 0.6 is 11.8 Å². The fraction of sp³-hybridized carbons (Fsp3) is 1.00. The van der Waals surface area contributed by atoms with Gasteiger partial charge in [-0.05, 0) is 56.7 Å². The lowest BCUT2D eigenvalue weighted by Crippen LogP contribution is -2.21. The monoisotopic (exact) mass is 202 g/mol. The summed E-state index contributed by atoms with van der Waals surface area (Å²) in [7, 11) is 0. The molecule has 1 unspecified atom stereocenters. The van der Waals surface area contributed by atoms with Crippen molar-refractivity contribution in [3.8, 4) is 0 Å². The van der Waals surface area contributed by atoms with E-state index >= 15 is 0 Å². The fourth-order valence-corrected chi connectivity index (χ4v) is 2.67. The molecule has 3 N–H and O–H groups in total. The first kappa shape index (κ1) is 11.3. The maximum Gasteiger partial charge on any atom is 0.00678 e. The topological polar surface area (TPSA) is 38.0 Å². The first-order valence-corrected chi connectivity index (χ1v) is 6.60. The van der Waals surface area contributed by atoms with Gasteiger partial charge in [0.25, 0.3) is 0 Å². The molecule has 0 aliphatic carbocycles. The third-order valence-electron chi connectivity index (χ3n) is 2.50. The summed E-state index contributed by atoms with van der Waals surface area (Å²) in [5.74, 6) is 2.56. The van der Waals surface area contributed by atoms with Crippen molar-refractivity contribution >= 4 is 11.8 Å². The van der Waals surface area contributed by atoms with Crippen molar-refractivity contribution in [3.05, 3.63) is 0 Å². The van der Waals surface area contributed by atoms with E-state index in [1.54, 1.807) is 0 Å². The molecule has 1 aliphatic heterocycles. The Labute approximate surface area is 86.0 Å². The molecule has 0 amide bonds. The number of nitrogens with two attached hydrogens (primary N) is 1. The summed E-state index contributed by atoms with van der Waals surface area (Å²) in [6.07, 6.45) is 6.69. The van der Waals surface area contributed by atoms with Crippen LogP contribution in [0.4, 0.5) is 0 Å². The van der Waals surface area contributed by atoms with Crippen molar-refractivity contribution in [2.75, 3.05) is 24.6 Å². The maximum atomic E-state index is 5.42. The molecule has 0 aromatic rings. The Hall–Kier alpha value is 0.270. The number of hydrogen-bond donors (Lipinski definition) is 2. The van der Waals surface area contributed by atoms with Gasteiger partial charge in [-0.3, -0.25) is 0 Å². The van der Waals surface area contributed by atoms with Gasteiger partial charge in [0.05, 0.1) is 0 Å². The van der Waals surface area contributed by atoms with E-state index in [9.17, 15) is 0 Å². The molecule has 0 spiro atoms. The summed E-state index contributed by atoms with van der Waals surface area (Å²) in [5.41, 5.74) is 5.42. The zero-order valence-corrected chi connectivity index (χ0v) is 9.24. The normalized spacial score (nSPS) is 22.4. The Kier molecular flexibility index (Phi) is 6.68. The molecule has 78 valence electrons. The van der Waals surface area contributed by atoms with Crippen LogP contribution in [0.25, 0.3) is 0 Å². The van der Waals surface area contributed by atoms with Crippen LogP contribution in [0.3, 0.4) is 0 Å². The SMILES string of the molecule is NCCCSCCCC1CCCN1. The van der Waals surface area contributed by atoms with Gasteiger partial charge in [0, 0.05) is 6.04 Å². The average molecular weight is 202 g/mol. The van der Waals surface area contributed by atoms with Crippen LogP contribution in [0, 0.1) is 0 Å². The second-order valence-corrected chi connectivity index (χ2v) is 4.91. The van der Waals surface area contributed by atoms with E-state index in [0.29, 0.717) is 0 Å². The van der Waals surface area contributed by atoms with Crippen molar-refractivity contribution in [2.45, 2.75) is 38.1 Å². The zero-order chi connectivity index (χ0) is 9.36. The first-order valence-electron chi connectivity index (χ1n) is 5.44. The molecule has 0 bridgehead atoms. The second kappa shape index (κ2) is 7.65. The Morgan fingerprint density at radius 2 is 2.15 bits per heavy atom. The minimum absolute atomic E-state index is 0.829. The minimum atomic E-state index is 0.829. The molecule has 0 saturated carbocycles. The third kappa shape index (κ3) is 5.55. The average Bonchev–Trinajstić information content (AvgIpc) is 2.63. The molecule has 0 aromatic heterocycles. The summed E-state index contributed by atoms with van der Waals surface area (Å²) in [6, 6.07) is 0.829. The predicted molar refractivity (Wildman–Crippen MR) is 61.3 cm³/mol. The molecule has 1 aliphatic rings. The molecule has 3 heteroatoms. The molecule has 1 saturated heterocycles. The minimum Gasteiger partial charge on any atom is -0.330 e. The van der Waals surface area contributed by atoms with Crippen LogP contribution in [-0.4, -0.2) is 30.6 Å². The van der Waals surface area contributed by atoms with E-state index < -0.39 is 0 Å². The van der Waals surface area contributed by atoms with E-state index in [1.807, 2.05) is 0 Å². The highest BCUT2D eigenvalue weighted by molar-refractivity contribution is 7.99. The molecular formula is C10H22N2S. The molecule has 1 fully saturated rings. The van der Waals surface area contributed by atoms with Crippen LogP contribution in [0.15, 0.2) is 0 Å². The number of thioether (sulfide) groups is 1. The van der Waals surface area contributed by atoms with Crippen molar-refractivity contribution in [2.24, 2.45) is 5.73 Å². The van der Waals surface area contributed by atoms with E-state index in [0.717, 1.165) is 12.6 Å². The Bertz CT molecular complexity index is 113. The summed E-state index contributed by atoms with van der Waals surface area (Å²) in [5, 5.41) is 3.53. The van der Waals surface area contributed by atoms with Crippen molar-refractivity contribution in [1.29, 1.82) is 0 Å². The lowest BCUT2D eigenvalue weighted by molar-refractivity contribution is 0.553. The van der Waals surface area contributed by atoms with Crippen LogP contribution in [0.1, 0.15) is 32.1 Å². The van der Waals surface area contributed by atoms with Gasteiger partial charge < -0.3 is 11.1 Å². The number of hydrogen-bond acceptors (Lipinski definition) is 3. The molecule has 1 rings (SSSR count). The fourth-order valence-electron chi connectivity index (χ4n) is 1.72. The molecule has 0 radical (unpaired) electrons. The lowest BCUT2D eigenvalue weighted by atomic mass is 10.1. The maximum absolute atomic E-state index is 5.42. The molecule has 1 heterocycles. The highest BCUT2D eigenvalue weighted by atomic mass is 32.2. The summed E-state index contributed by atoms with van der Waals surface area (Å²) < 4.78 is 0. The van der Waals surface area contributed by atoms with Crippen molar-refractivity contribution in [3.63, 3.8) is 0 Å². The zero-order valence-electron chi connectivity index (χ0n) is 8.43. The Morgan fingerprint density at radius 1 is 1.31 bits per heavy atom. The van der Waals surface area contributed by atoms with Gasteiger partial charge in [0.2, 0.25) is 0 Å². The van der Waals surface area contributed by atoms with Gasteiger partial charge in [-0.15, -0.1) is 0 Å². The third-order valence-corrected chi connectivity index (χ3v) is 3.65. The van der Waals surface area contributed by atoms with Crippen LogP contribution in [0.5, 0.6) is 0 Å². The van der Waals surface area contributed by atoms with Crippen molar-refractivity contribution < 1.29 is 0 Å². The van der Waals surface area contributed by atoms with Gasteiger partial charge in [-0.25, -0.2) is 0 Å². The van der Waals surface area contributed by atoms with Gasteiger partial charge >= 0.3 is 0 Å². The van der Waals surface area contributed by atoms with Gasteiger partial charge in [-0.2, -0.15) is 11.8 Å². The standard InChI is InChI=1S/C10H22N2S/c11-6-3-9-13-8-2-5-10-4-1-7-12-10/h10,12H,1-9,11H2. The lowest BCUT2D eigenvalue weighted by Gasteiger charge is -2.08. The van der Waals surface area contributed by atoms with E-state index in [1.165, 1.54) is 50.2 Å². The number of nitrogens with one attached hydrogen (secondary N) is 1. The van der Waals surface area contributed by atoms with E-state index in [2.05, 4.69) is 17.1 Å². The van der Waals surface area contributed by atoms with Gasteiger partial charge in [-0.1, -0.05) is 0 Å². The quantitative estimate of drug-likeness (QED) is 0.616. The Morgan fingerprint density at radius 3 is 2.85 bits per heavy atom. The molecule has 0 aromatic carbocycles. The van der Waals surface area contributed by atoms with E-state index in [-0.39, 0.29) is 0 Å². The second-order valence-electron chi connectivity index (χ2n) is 3.69. The molecule has 2 nitrogen and oxygen atoms in total. The van der Waals surface area contributed by atoms with E-state index in [4.69, 9.17) is 5.73 Å². The largest absolute Gasteiger partial charge is 0.330 e. The first-order chi connectivity index (χ1) is 6.43. The van der Waals surface area contributed by atoms with Crippen LogP contribution in [0.2, 0.25) is 0 Å². The predicted octanol–water partition coefficient (Wildman–Crippen LogP) is 1.60. The highest BCUT2D eigenvalue weighted by Crippen LogP contribution is 2.13. The molecular weight excluding hydrogens is 180 g/mol. The highest BCUT2D eigenvalue weighted by Gasteiger charge is 2.12. The van der Waals surface area contributed by atoms with Crippen LogP contribution in [-0.2, 0) is 0 Å². The van der Waals surface area contributed by atoms with Gasteiger partial charge in [0.1, 0.15) is 0 Å². The smallest absolute Gasteiger partial charge is 0.00678 e. The number of rotatable bonds is 7. The summed E-state index contributed by atoms with van der Waals surface area (Å²) in [4.78, 5) is 0. The molecule has 1 atom stereocenters. The summed E-state index contributed by atoms with van der Waals surface area (Å²) >= 11 is 2.05. The summed E-state index contributed by atoms with van der Waals surface area (Å²) in [6.45, 7) is 2.09. The Balaban J connectivity index is 1.78.